The Morgan fingerprint density at radius 2 is 1.69 bits per heavy atom. The average molecular weight is 480 g/mol. The number of methoxy groups -OCH3 is 1. The minimum Gasteiger partial charge on any atom is -0.467 e. The zero-order chi connectivity index (χ0) is 26.0. The summed E-state index contributed by atoms with van der Waals surface area (Å²) in [6.07, 6.45) is 3.14. The Hall–Kier alpha value is -3.35. The number of hydrogen-bond acceptors (Lipinski definition) is 6. The number of carbonyl (C=O) groups is 2. The highest BCUT2D eigenvalue weighted by atomic mass is 16.6. The van der Waals surface area contributed by atoms with E-state index < -0.39 is 23.7 Å². The summed E-state index contributed by atoms with van der Waals surface area (Å²) in [7, 11) is 1.34. The number of esters is 1. The van der Waals surface area contributed by atoms with E-state index >= 15 is 0 Å². The van der Waals surface area contributed by atoms with Gasteiger partial charge in [-0.25, -0.2) is 14.6 Å². The summed E-state index contributed by atoms with van der Waals surface area (Å²) >= 11 is 0. The van der Waals surface area contributed by atoms with Crippen LogP contribution in [0.5, 0.6) is 0 Å². The number of carbonyl (C=O) groups excluding carboxylic acids is 2. The fourth-order valence-corrected chi connectivity index (χ4v) is 3.91. The highest BCUT2D eigenvalue weighted by Gasteiger charge is 2.47. The van der Waals surface area contributed by atoms with Crippen molar-refractivity contribution in [2.24, 2.45) is 11.3 Å². The van der Waals surface area contributed by atoms with Crippen molar-refractivity contribution >= 4 is 23.6 Å². The Balaban J connectivity index is 2.05. The van der Waals surface area contributed by atoms with E-state index in [1.807, 2.05) is 81.1 Å². The van der Waals surface area contributed by atoms with Crippen molar-refractivity contribution in [2.75, 3.05) is 18.6 Å². The highest BCUT2D eigenvalue weighted by Crippen LogP contribution is 2.47. The molecule has 0 spiro atoms. The Morgan fingerprint density at radius 1 is 1.03 bits per heavy atom. The number of allylic oxidation sites excluding steroid dienone is 2. The number of rotatable bonds is 7. The van der Waals surface area contributed by atoms with E-state index in [9.17, 15) is 9.59 Å². The quantitative estimate of drug-likeness (QED) is 0.463. The predicted molar refractivity (Wildman–Crippen MR) is 137 cm³/mol. The third kappa shape index (κ3) is 6.62. The summed E-state index contributed by atoms with van der Waals surface area (Å²) in [4.78, 5) is 34.6. The van der Waals surface area contributed by atoms with Crippen LogP contribution in [-0.2, 0) is 14.3 Å². The molecule has 35 heavy (non-hydrogen) atoms. The lowest BCUT2D eigenvalue weighted by atomic mass is 9.88. The number of pyridine rings is 1. The van der Waals surface area contributed by atoms with Crippen molar-refractivity contribution in [3.05, 3.63) is 66.0 Å². The number of aromatic nitrogens is 1. The fraction of sp³-hybridized carbons (Fsp3) is 0.464. The Morgan fingerprint density at radius 3 is 2.17 bits per heavy atom. The number of anilines is 2. The van der Waals surface area contributed by atoms with Gasteiger partial charge in [0.25, 0.3) is 0 Å². The molecule has 1 aromatic carbocycles. The molecular formula is C28H37N3O4. The van der Waals surface area contributed by atoms with Gasteiger partial charge in [0.2, 0.25) is 0 Å². The zero-order valence-electron chi connectivity index (χ0n) is 22.0. The molecule has 1 amide bonds. The lowest BCUT2D eigenvalue weighted by Crippen LogP contribution is -2.51. The van der Waals surface area contributed by atoms with E-state index in [2.05, 4.69) is 25.8 Å². The van der Waals surface area contributed by atoms with Gasteiger partial charge in [-0.05, 0) is 57.4 Å². The summed E-state index contributed by atoms with van der Waals surface area (Å²) in [6, 6.07) is 12.6. The van der Waals surface area contributed by atoms with Crippen LogP contribution in [0.15, 0.2) is 60.4 Å². The summed E-state index contributed by atoms with van der Waals surface area (Å²) in [5, 5.41) is 0. The van der Waals surface area contributed by atoms with E-state index in [0.717, 1.165) is 16.9 Å². The van der Waals surface area contributed by atoms with E-state index in [-0.39, 0.29) is 17.9 Å². The minimum absolute atomic E-state index is 0.0462. The smallest absolute Gasteiger partial charge is 0.415 e. The molecule has 0 bridgehead atoms. The van der Waals surface area contributed by atoms with E-state index in [1.54, 1.807) is 6.20 Å². The zero-order valence-corrected chi connectivity index (χ0v) is 22.0. The Kier molecular flexibility index (Phi) is 7.58. The van der Waals surface area contributed by atoms with Crippen LogP contribution in [0.25, 0.3) is 0 Å². The van der Waals surface area contributed by atoms with Gasteiger partial charge < -0.3 is 14.4 Å². The van der Waals surface area contributed by atoms with Gasteiger partial charge in [-0.2, -0.15) is 0 Å². The van der Waals surface area contributed by atoms with Crippen LogP contribution in [0, 0.1) is 18.3 Å². The van der Waals surface area contributed by atoms with Gasteiger partial charge in [0.05, 0.1) is 13.7 Å². The van der Waals surface area contributed by atoms with Gasteiger partial charge in [0.15, 0.2) is 6.04 Å². The second-order valence-corrected chi connectivity index (χ2v) is 11.0. The Bertz CT molecular complexity index is 1060. The number of benzene rings is 1. The maximum atomic E-state index is 13.5. The van der Waals surface area contributed by atoms with E-state index in [4.69, 9.17) is 9.47 Å². The first-order chi connectivity index (χ1) is 16.3. The first-order valence-corrected chi connectivity index (χ1v) is 11.9. The lowest BCUT2D eigenvalue weighted by Gasteiger charge is -2.35. The van der Waals surface area contributed by atoms with Gasteiger partial charge in [0.1, 0.15) is 11.4 Å². The molecule has 0 radical (unpaired) electrons. The topological polar surface area (TPSA) is 72.0 Å². The SMILES string of the molecule is COC(=O)C(CN(c1ccc(C)cc1)c1ccccn1)N(C(=O)OC(C)(C)C)C1=CC1C(C)(C)C. The molecule has 1 aliphatic rings. The summed E-state index contributed by atoms with van der Waals surface area (Å²) < 4.78 is 11.0. The molecule has 2 aromatic rings. The third-order valence-electron chi connectivity index (χ3n) is 5.76. The summed E-state index contributed by atoms with van der Waals surface area (Å²) in [5.74, 6) is 0.181. The molecule has 0 N–H and O–H groups in total. The van der Waals surface area contributed by atoms with Crippen molar-refractivity contribution in [1.82, 2.24) is 9.88 Å². The molecule has 0 aliphatic heterocycles. The van der Waals surface area contributed by atoms with E-state index in [0.29, 0.717) is 5.82 Å². The monoisotopic (exact) mass is 479 g/mol. The molecule has 2 unspecified atom stereocenters. The van der Waals surface area contributed by atoms with Gasteiger partial charge in [0, 0.05) is 23.5 Å². The fourth-order valence-electron chi connectivity index (χ4n) is 3.91. The van der Waals surface area contributed by atoms with Gasteiger partial charge in [-0.1, -0.05) is 50.6 Å². The van der Waals surface area contributed by atoms with Crippen LogP contribution in [0.2, 0.25) is 0 Å². The predicted octanol–water partition coefficient (Wildman–Crippen LogP) is 5.87. The lowest BCUT2D eigenvalue weighted by molar-refractivity contribution is -0.145. The van der Waals surface area contributed by atoms with Crippen LogP contribution in [-0.4, -0.2) is 47.2 Å². The molecule has 1 heterocycles. The number of amides is 1. The third-order valence-corrected chi connectivity index (χ3v) is 5.76. The normalized spacial score (nSPS) is 16.1. The van der Waals surface area contributed by atoms with Crippen LogP contribution in [0.4, 0.5) is 16.3 Å². The number of ether oxygens (including phenoxy) is 2. The van der Waals surface area contributed by atoms with Crippen LogP contribution in [0.1, 0.15) is 47.1 Å². The van der Waals surface area contributed by atoms with E-state index in [1.165, 1.54) is 12.0 Å². The molecule has 7 nitrogen and oxygen atoms in total. The second kappa shape index (κ2) is 10.1. The van der Waals surface area contributed by atoms with Gasteiger partial charge in [-0.15, -0.1) is 0 Å². The maximum absolute atomic E-state index is 13.5. The number of nitrogens with zero attached hydrogens (tertiary/aromatic N) is 3. The molecule has 7 heteroatoms. The van der Waals surface area contributed by atoms with Gasteiger partial charge >= 0.3 is 12.1 Å². The first kappa shape index (κ1) is 26.3. The van der Waals surface area contributed by atoms with Crippen LogP contribution >= 0.6 is 0 Å². The molecule has 1 aliphatic carbocycles. The number of aryl methyl sites for hydroxylation is 1. The standard InChI is InChI=1S/C28H37N3O4/c1-19-12-14-20(15-13-19)30(24-11-9-10-16-29-24)18-23(25(32)34-8)31(26(33)35-28(5,6)7)22-17-21(22)27(2,3)4/h9-17,21,23H,18H2,1-8H3. The number of hydrogen-bond donors (Lipinski definition) is 0. The van der Waals surface area contributed by atoms with Crippen LogP contribution in [0.3, 0.4) is 0 Å². The highest BCUT2D eigenvalue weighted by molar-refractivity contribution is 5.85. The van der Waals surface area contributed by atoms with Crippen molar-refractivity contribution < 1.29 is 19.1 Å². The molecular weight excluding hydrogens is 442 g/mol. The van der Waals surface area contributed by atoms with Crippen molar-refractivity contribution in [3.8, 4) is 0 Å². The molecule has 3 rings (SSSR count). The minimum atomic E-state index is -0.947. The average Bonchev–Trinajstić information content (AvgIpc) is 3.57. The largest absolute Gasteiger partial charge is 0.467 e. The summed E-state index contributed by atoms with van der Waals surface area (Å²) in [6.45, 7) is 13.9. The Labute approximate surface area is 208 Å². The second-order valence-electron chi connectivity index (χ2n) is 11.0. The van der Waals surface area contributed by atoms with Gasteiger partial charge in [-0.3, -0.25) is 4.90 Å². The molecule has 1 aromatic heterocycles. The molecule has 2 atom stereocenters. The molecule has 0 fully saturated rings. The molecule has 188 valence electrons. The van der Waals surface area contributed by atoms with Crippen LogP contribution < -0.4 is 4.90 Å². The maximum Gasteiger partial charge on any atom is 0.415 e. The van der Waals surface area contributed by atoms with Crippen molar-refractivity contribution in [2.45, 2.75) is 60.1 Å². The molecule has 0 saturated heterocycles. The van der Waals surface area contributed by atoms with Crippen molar-refractivity contribution in [3.63, 3.8) is 0 Å². The summed E-state index contributed by atoms with van der Waals surface area (Å²) in [5.41, 5.74) is 1.91. The van der Waals surface area contributed by atoms with Crippen molar-refractivity contribution in [1.29, 1.82) is 0 Å². The first-order valence-electron chi connectivity index (χ1n) is 11.9. The molecule has 0 saturated carbocycles.